The van der Waals surface area contributed by atoms with Crippen LogP contribution in [0.25, 0.3) is 16.9 Å². The summed E-state index contributed by atoms with van der Waals surface area (Å²) >= 11 is 0. The molecule has 236 valence electrons. The number of ether oxygens (including phenoxy) is 1. The predicted octanol–water partition coefficient (Wildman–Crippen LogP) is 5.27. The first kappa shape index (κ1) is 31.9. The van der Waals surface area contributed by atoms with E-state index in [2.05, 4.69) is 4.98 Å². The third kappa shape index (κ3) is 5.73. The van der Waals surface area contributed by atoms with Crippen LogP contribution in [0.3, 0.4) is 0 Å². The van der Waals surface area contributed by atoms with Gasteiger partial charge in [-0.2, -0.15) is 18.4 Å². The summed E-state index contributed by atoms with van der Waals surface area (Å²) in [5.74, 6) is -1.55. The molecule has 5 rings (SSSR count). The monoisotopic (exact) mass is 643 g/mol. The zero-order valence-corrected chi connectivity index (χ0v) is 25.6. The molecule has 0 saturated heterocycles. The molecule has 2 aromatic heterocycles. The van der Waals surface area contributed by atoms with Gasteiger partial charge in [0.15, 0.2) is 21.4 Å². The number of benzene rings is 2. The molecule has 0 fully saturated rings. The number of hydrogen-bond acceptors (Lipinski definition) is 7. The molecule has 1 aliphatic heterocycles. The third-order valence-corrected chi connectivity index (χ3v) is 9.56. The number of carbonyl (C=O) groups is 1. The zero-order chi connectivity index (χ0) is 32.8. The lowest BCUT2D eigenvalue weighted by Gasteiger charge is -2.29. The molecule has 45 heavy (non-hydrogen) atoms. The van der Waals surface area contributed by atoms with E-state index in [9.17, 15) is 36.0 Å². The molecule has 3 heterocycles. The van der Waals surface area contributed by atoms with E-state index in [1.54, 1.807) is 35.6 Å². The summed E-state index contributed by atoms with van der Waals surface area (Å²) in [7, 11) is 0.676. The molecular weight excluding hydrogens is 614 g/mol. The molecule has 0 N–H and O–H groups in total. The Morgan fingerprint density at radius 1 is 1.16 bits per heavy atom. The van der Waals surface area contributed by atoms with Gasteiger partial charge in [0.1, 0.15) is 17.5 Å². The molecule has 2 aromatic carbocycles. The van der Waals surface area contributed by atoms with Gasteiger partial charge in [0.05, 0.1) is 40.6 Å². The first-order valence-corrected chi connectivity index (χ1v) is 15.5. The van der Waals surface area contributed by atoms with E-state index in [0.29, 0.717) is 41.7 Å². The number of pyridine rings is 1. The lowest BCUT2D eigenvalue weighted by Crippen LogP contribution is -2.38. The van der Waals surface area contributed by atoms with Crippen molar-refractivity contribution in [3.8, 4) is 23.2 Å². The first-order valence-electron chi connectivity index (χ1n) is 13.8. The van der Waals surface area contributed by atoms with Gasteiger partial charge in [-0.15, -0.1) is 0 Å². The van der Waals surface area contributed by atoms with Crippen molar-refractivity contribution >= 4 is 21.4 Å². The van der Waals surface area contributed by atoms with Crippen LogP contribution < -0.4 is 4.74 Å². The Balaban J connectivity index is 1.73. The summed E-state index contributed by atoms with van der Waals surface area (Å²) in [4.78, 5) is 21.6. The number of fused-ring (bicyclic) bond motifs is 2. The fourth-order valence-electron chi connectivity index (χ4n) is 5.70. The van der Waals surface area contributed by atoms with Crippen LogP contribution >= 0.6 is 0 Å². The fraction of sp³-hybridized carbons (Fsp3) is 0.323. The van der Waals surface area contributed by atoms with Crippen LogP contribution in [0.15, 0.2) is 53.4 Å². The Morgan fingerprint density at radius 2 is 1.89 bits per heavy atom. The van der Waals surface area contributed by atoms with Crippen LogP contribution in [-0.2, 0) is 16.0 Å². The van der Waals surface area contributed by atoms with E-state index in [1.807, 2.05) is 19.0 Å². The van der Waals surface area contributed by atoms with Crippen molar-refractivity contribution in [2.24, 2.45) is 0 Å². The summed E-state index contributed by atoms with van der Waals surface area (Å²) in [5.41, 5.74) is -1.19. The molecule has 1 aliphatic rings. The Bertz CT molecular complexity index is 1970. The van der Waals surface area contributed by atoms with Gasteiger partial charge < -0.3 is 14.5 Å². The van der Waals surface area contributed by atoms with Crippen LogP contribution in [0, 0.1) is 24.1 Å². The average Bonchev–Trinajstić information content (AvgIpc) is 3.50. The molecule has 0 bridgehead atoms. The van der Waals surface area contributed by atoms with E-state index >= 15 is 0 Å². The van der Waals surface area contributed by atoms with Gasteiger partial charge in [-0.25, -0.2) is 17.8 Å². The maximum absolute atomic E-state index is 14.6. The Labute approximate surface area is 257 Å². The van der Waals surface area contributed by atoms with Gasteiger partial charge in [0.25, 0.3) is 5.91 Å². The SMILES string of the molecule is COc1cccc2nc(C(=O)N(CCCN(C)C)C3CS(=O)(=O)c4c3ccc(C(F)(F)F)c4C#N)c(-c3ccc(F)c(C)c3)n12. The molecule has 1 atom stereocenters. The first-order chi connectivity index (χ1) is 21.2. The van der Waals surface area contributed by atoms with Gasteiger partial charge in [0.2, 0.25) is 0 Å². The van der Waals surface area contributed by atoms with Crippen LogP contribution in [0.5, 0.6) is 5.88 Å². The number of nitrogens with zero attached hydrogens (tertiary/aromatic N) is 5. The minimum Gasteiger partial charge on any atom is -0.482 e. The molecule has 14 heteroatoms. The summed E-state index contributed by atoms with van der Waals surface area (Å²) in [6, 6.07) is 11.2. The number of carbonyl (C=O) groups excluding carboxylic acids is 1. The summed E-state index contributed by atoms with van der Waals surface area (Å²) in [6.45, 7) is 2.10. The van der Waals surface area contributed by atoms with E-state index in [0.717, 1.165) is 6.07 Å². The molecule has 0 aliphatic carbocycles. The van der Waals surface area contributed by atoms with Crippen LogP contribution in [0.2, 0.25) is 0 Å². The van der Waals surface area contributed by atoms with Gasteiger partial charge in [0, 0.05) is 12.1 Å². The molecule has 0 spiro atoms. The summed E-state index contributed by atoms with van der Waals surface area (Å²) in [6.07, 6.45) is -4.58. The number of amides is 1. The average molecular weight is 644 g/mol. The second-order valence-corrected chi connectivity index (χ2v) is 13.0. The molecule has 0 saturated carbocycles. The maximum Gasteiger partial charge on any atom is 0.417 e. The van der Waals surface area contributed by atoms with Gasteiger partial charge in [-0.05, 0) is 81.5 Å². The van der Waals surface area contributed by atoms with Gasteiger partial charge in [-0.1, -0.05) is 12.1 Å². The van der Waals surface area contributed by atoms with E-state index in [1.165, 1.54) is 30.2 Å². The van der Waals surface area contributed by atoms with Crippen molar-refractivity contribution in [3.05, 3.63) is 82.3 Å². The highest BCUT2D eigenvalue weighted by molar-refractivity contribution is 7.91. The number of halogens is 4. The molecule has 0 radical (unpaired) electrons. The quantitative estimate of drug-likeness (QED) is 0.241. The summed E-state index contributed by atoms with van der Waals surface area (Å²) < 4.78 is 89.5. The zero-order valence-electron chi connectivity index (χ0n) is 24.8. The highest BCUT2D eigenvalue weighted by Crippen LogP contribution is 2.44. The normalized spacial score (nSPS) is 15.7. The minimum atomic E-state index is -4.97. The smallest absolute Gasteiger partial charge is 0.417 e. The van der Waals surface area contributed by atoms with Crippen molar-refractivity contribution < 1.29 is 35.5 Å². The molecule has 1 amide bonds. The Hall–Kier alpha value is -4.48. The van der Waals surface area contributed by atoms with Crippen LogP contribution in [0.1, 0.15) is 45.2 Å². The molecular formula is C31H29F4N5O4S. The molecule has 4 aromatic rings. The number of sulfone groups is 1. The standard InChI is InChI=1S/C31H29F4N5O4S/c1-18-15-19(9-12-23(18)32)28-27(37-25-7-5-8-26(44-4)40(25)28)30(41)39(14-6-13-38(2)3)24-17-45(42,43)29-20(24)10-11-22(21(29)16-36)31(33,34)35/h5,7-12,15,24H,6,13-14,17H2,1-4H3. The molecule has 1 unspecified atom stereocenters. The van der Waals surface area contributed by atoms with Crippen LogP contribution in [0.4, 0.5) is 17.6 Å². The van der Waals surface area contributed by atoms with Gasteiger partial charge >= 0.3 is 6.18 Å². The lowest BCUT2D eigenvalue weighted by molar-refractivity contribution is -0.138. The number of hydrogen-bond donors (Lipinski definition) is 0. The third-order valence-electron chi connectivity index (χ3n) is 7.75. The number of methoxy groups -OCH3 is 1. The van der Waals surface area contributed by atoms with Crippen molar-refractivity contribution in [2.45, 2.75) is 30.5 Å². The number of aromatic nitrogens is 2. The molecule has 9 nitrogen and oxygen atoms in total. The topological polar surface area (TPSA) is 108 Å². The predicted molar refractivity (Wildman–Crippen MR) is 157 cm³/mol. The number of alkyl halides is 3. The highest BCUT2D eigenvalue weighted by atomic mass is 32.2. The van der Waals surface area contributed by atoms with E-state index in [-0.39, 0.29) is 23.5 Å². The number of nitriles is 1. The largest absolute Gasteiger partial charge is 0.482 e. The second kappa shape index (κ2) is 11.8. The lowest BCUT2D eigenvalue weighted by atomic mass is 9.98. The number of aryl methyl sites for hydroxylation is 1. The highest BCUT2D eigenvalue weighted by Gasteiger charge is 2.46. The Morgan fingerprint density at radius 3 is 2.51 bits per heavy atom. The van der Waals surface area contributed by atoms with Crippen molar-refractivity contribution in [3.63, 3.8) is 0 Å². The Kier molecular flexibility index (Phi) is 8.37. The number of imidazole rings is 1. The number of rotatable bonds is 8. The second-order valence-electron chi connectivity index (χ2n) is 11.0. The maximum atomic E-state index is 14.6. The van der Waals surface area contributed by atoms with Gasteiger partial charge in [-0.3, -0.25) is 9.20 Å². The minimum absolute atomic E-state index is 0.0203. The van der Waals surface area contributed by atoms with Crippen molar-refractivity contribution in [1.82, 2.24) is 19.2 Å². The van der Waals surface area contributed by atoms with E-state index < -0.39 is 55.6 Å². The van der Waals surface area contributed by atoms with Crippen molar-refractivity contribution in [1.29, 1.82) is 5.26 Å². The summed E-state index contributed by atoms with van der Waals surface area (Å²) in [5, 5.41) is 9.68. The fourth-order valence-corrected chi connectivity index (χ4v) is 7.68. The van der Waals surface area contributed by atoms with E-state index in [4.69, 9.17) is 4.74 Å². The van der Waals surface area contributed by atoms with Crippen LogP contribution in [-0.4, -0.2) is 73.6 Å². The van der Waals surface area contributed by atoms with Crippen molar-refractivity contribution in [2.75, 3.05) is 40.0 Å².